The van der Waals surface area contributed by atoms with E-state index in [1.807, 2.05) is 6.92 Å². The minimum Gasteiger partial charge on any atom is -0.365 e. The molecule has 0 radical (unpaired) electrons. The Morgan fingerprint density at radius 1 is 1.56 bits per heavy atom. The summed E-state index contributed by atoms with van der Waals surface area (Å²) >= 11 is -1.90. The maximum atomic E-state index is 10.8. The number of anilines is 1. The van der Waals surface area contributed by atoms with Gasteiger partial charge in [-0.15, -0.1) is 0 Å². The van der Waals surface area contributed by atoms with Gasteiger partial charge in [-0.3, -0.25) is 0 Å². The highest BCUT2D eigenvalue weighted by Gasteiger charge is 2.38. The van der Waals surface area contributed by atoms with E-state index in [0.29, 0.717) is 11.7 Å². The second-order valence-electron chi connectivity index (χ2n) is 5.40. The average Bonchev–Trinajstić information content (AvgIpc) is 3.05. The Morgan fingerprint density at radius 2 is 2.22 bits per heavy atom. The van der Waals surface area contributed by atoms with Crippen LogP contribution in [0.2, 0.25) is 0 Å². The van der Waals surface area contributed by atoms with Gasteiger partial charge in [0, 0.05) is 17.3 Å². The van der Waals surface area contributed by atoms with Crippen molar-refractivity contribution in [1.29, 1.82) is 0 Å². The van der Waals surface area contributed by atoms with E-state index in [2.05, 4.69) is 29.1 Å². The third-order valence-corrected chi connectivity index (χ3v) is 3.82. The van der Waals surface area contributed by atoms with E-state index in [9.17, 15) is 4.21 Å². The summed E-state index contributed by atoms with van der Waals surface area (Å²) in [7, 11) is 0. The molecule has 1 aromatic rings. The van der Waals surface area contributed by atoms with Gasteiger partial charge in [0.05, 0.1) is 0 Å². The maximum absolute atomic E-state index is 10.8. The maximum Gasteiger partial charge on any atom is 0.160 e. The van der Waals surface area contributed by atoms with Crippen LogP contribution in [0.4, 0.5) is 5.82 Å². The van der Waals surface area contributed by atoms with Crippen molar-refractivity contribution in [2.75, 3.05) is 5.32 Å². The Balaban J connectivity index is 2.17. The highest BCUT2D eigenvalue weighted by atomic mass is 32.2. The highest BCUT2D eigenvalue weighted by molar-refractivity contribution is 7.78. The van der Waals surface area contributed by atoms with Gasteiger partial charge in [-0.1, -0.05) is 0 Å². The van der Waals surface area contributed by atoms with E-state index in [1.54, 1.807) is 6.20 Å². The minimum absolute atomic E-state index is 0.00868. The first kappa shape index (κ1) is 13.4. The summed E-state index contributed by atoms with van der Waals surface area (Å²) in [5, 5.41) is 3.43. The fourth-order valence-electron chi connectivity index (χ4n) is 2.00. The lowest BCUT2D eigenvalue weighted by atomic mass is 9.98. The molecule has 1 aromatic heterocycles. The normalized spacial score (nSPS) is 17.6. The zero-order valence-electron chi connectivity index (χ0n) is 10.9. The molecular weight excluding hydrogens is 250 g/mol. The lowest BCUT2D eigenvalue weighted by Crippen LogP contribution is -2.34. The molecule has 1 heterocycles. The first-order chi connectivity index (χ1) is 8.38. The lowest BCUT2D eigenvalue weighted by molar-refractivity contribution is 0.491. The minimum atomic E-state index is -1.90. The van der Waals surface area contributed by atoms with Crippen molar-refractivity contribution in [3.05, 3.63) is 17.6 Å². The van der Waals surface area contributed by atoms with Gasteiger partial charge in [-0.05, 0) is 39.5 Å². The van der Waals surface area contributed by atoms with Gasteiger partial charge in [-0.25, -0.2) is 14.2 Å². The predicted molar refractivity (Wildman–Crippen MR) is 71.7 cm³/mol. The smallest absolute Gasteiger partial charge is 0.160 e. The van der Waals surface area contributed by atoms with Gasteiger partial charge >= 0.3 is 0 Å². The molecule has 1 aliphatic rings. The monoisotopic (exact) mass is 269 g/mol. The molecule has 18 heavy (non-hydrogen) atoms. The second-order valence-corrected chi connectivity index (χ2v) is 6.34. The van der Waals surface area contributed by atoms with Crippen molar-refractivity contribution >= 4 is 16.9 Å². The zero-order chi connectivity index (χ0) is 13.3. The molecule has 2 N–H and O–H groups in total. The van der Waals surface area contributed by atoms with Crippen LogP contribution < -0.4 is 5.32 Å². The van der Waals surface area contributed by atoms with E-state index in [-0.39, 0.29) is 11.3 Å². The van der Waals surface area contributed by atoms with Crippen molar-refractivity contribution in [3.63, 3.8) is 0 Å². The molecule has 0 aliphatic heterocycles. The number of nitrogens with zero attached hydrogens (tertiary/aromatic N) is 2. The Hall–Kier alpha value is -1.01. The first-order valence-corrected chi connectivity index (χ1v) is 7.34. The third kappa shape index (κ3) is 3.26. The van der Waals surface area contributed by atoms with Crippen LogP contribution >= 0.6 is 0 Å². The summed E-state index contributed by atoms with van der Waals surface area (Å²) in [5.74, 6) is 1.82. The van der Waals surface area contributed by atoms with Gasteiger partial charge in [0.25, 0.3) is 0 Å². The summed E-state index contributed by atoms with van der Waals surface area (Å²) in [5.41, 5.74) is 0.963. The molecule has 1 fully saturated rings. The number of aryl methyl sites for hydroxylation is 1. The summed E-state index contributed by atoms with van der Waals surface area (Å²) in [4.78, 5) is 8.40. The van der Waals surface area contributed by atoms with E-state index in [1.165, 1.54) is 12.8 Å². The Bertz CT molecular complexity index is 472. The van der Waals surface area contributed by atoms with Gasteiger partial charge in [0.2, 0.25) is 0 Å². The molecule has 1 atom stereocenters. The topological polar surface area (TPSA) is 75.1 Å². The van der Waals surface area contributed by atoms with Crippen LogP contribution in [0, 0.1) is 12.8 Å². The van der Waals surface area contributed by atoms with Crippen LogP contribution in [0.25, 0.3) is 0 Å². The van der Waals surface area contributed by atoms with E-state index in [0.717, 1.165) is 11.4 Å². The summed E-state index contributed by atoms with van der Waals surface area (Å²) in [6.07, 6.45) is 4.19. The van der Waals surface area contributed by atoms with Crippen LogP contribution in [0.3, 0.4) is 0 Å². The fourth-order valence-corrected chi connectivity index (χ4v) is 2.36. The molecule has 1 aliphatic carbocycles. The standard InChI is InChI=1S/C12H19N3O2S/c1-8-6-13-10(7-18(16)17)14-11(8)15-12(2,3)9-4-5-9/h6,9H,4-5,7H2,1-3H3,(H,16,17)(H,13,14,15). The largest absolute Gasteiger partial charge is 0.365 e. The Morgan fingerprint density at radius 3 is 2.78 bits per heavy atom. The zero-order valence-corrected chi connectivity index (χ0v) is 11.8. The fraction of sp³-hybridized carbons (Fsp3) is 0.667. The average molecular weight is 269 g/mol. The molecular formula is C12H19N3O2S. The molecule has 0 saturated heterocycles. The lowest BCUT2D eigenvalue weighted by Gasteiger charge is -2.27. The molecule has 0 bridgehead atoms. The van der Waals surface area contributed by atoms with Gasteiger partial charge in [0.15, 0.2) is 11.1 Å². The highest BCUT2D eigenvalue weighted by Crippen LogP contribution is 2.41. The van der Waals surface area contributed by atoms with E-state index in [4.69, 9.17) is 4.55 Å². The quantitative estimate of drug-likeness (QED) is 0.801. The van der Waals surface area contributed by atoms with Gasteiger partial charge < -0.3 is 9.87 Å². The van der Waals surface area contributed by atoms with Gasteiger partial charge in [0.1, 0.15) is 17.4 Å². The first-order valence-electron chi connectivity index (χ1n) is 6.06. The number of hydrogen-bond acceptors (Lipinski definition) is 4. The van der Waals surface area contributed by atoms with Crippen LogP contribution in [0.5, 0.6) is 0 Å². The molecule has 2 rings (SSSR count). The van der Waals surface area contributed by atoms with Crippen molar-refractivity contribution in [3.8, 4) is 0 Å². The van der Waals surface area contributed by atoms with Crippen LogP contribution in [-0.2, 0) is 16.8 Å². The molecule has 100 valence electrons. The van der Waals surface area contributed by atoms with Crippen molar-refractivity contribution in [2.45, 2.75) is 44.9 Å². The molecule has 5 nitrogen and oxygen atoms in total. The van der Waals surface area contributed by atoms with Gasteiger partial charge in [-0.2, -0.15) is 0 Å². The molecule has 6 heteroatoms. The van der Waals surface area contributed by atoms with E-state index < -0.39 is 11.1 Å². The van der Waals surface area contributed by atoms with Crippen LogP contribution in [0.1, 0.15) is 38.1 Å². The molecule has 1 saturated carbocycles. The molecule has 1 unspecified atom stereocenters. The van der Waals surface area contributed by atoms with Crippen molar-refractivity contribution in [2.24, 2.45) is 5.92 Å². The van der Waals surface area contributed by atoms with Crippen LogP contribution in [-0.4, -0.2) is 24.3 Å². The van der Waals surface area contributed by atoms with E-state index >= 15 is 0 Å². The third-order valence-electron chi connectivity index (χ3n) is 3.31. The number of rotatable bonds is 5. The van der Waals surface area contributed by atoms with Crippen LogP contribution in [0.15, 0.2) is 6.20 Å². The molecule has 0 amide bonds. The number of aromatic nitrogens is 2. The Kier molecular flexibility index (Phi) is 3.68. The summed E-state index contributed by atoms with van der Waals surface area (Å²) in [6, 6.07) is 0. The van der Waals surface area contributed by atoms with Crippen molar-refractivity contribution < 1.29 is 8.76 Å². The Labute approximate surface area is 110 Å². The number of nitrogens with one attached hydrogen (secondary N) is 1. The molecule has 0 spiro atoms. The summed E-state index contributed by atoms with van der Waals surface area (Å²) < 4.78 is 19.6. The predicted octanol–water partition coefficient (Wildman–Crippen LogP) is 2.11. The van der Waals surface area contributed by atoms with Crippen molar-refractivity contribution in [1.82, 2.24) is 9.97 Å². The summed E-state index contributed by atoms with van der Waals surface area (Å²) in [6.45, 7) is 6.26. The number of hydrogen-bond donors (Lipinski definition) is 2. The molecule has 0 aromatic carbocycles. The SMILES string of the molecule is Cc1cnc(CS(=O)O)nc1NC(C)(C)C1CC1. The second kappa shape index (κ2) is 4.93.